The van der Waals surface area contributed by atoms with Crippen molar-refractivity contribution in [3.05, 3.63) is 64.6 Å². The molecule has 2 nitrogen and oxygen atoms in total. The highest BCUT2D eigenvalue weighted by atomic mass is 35.5. The third kappa shape index (κ3) is 2.45. The van der Waals surface area contributed by atoms with Gasteiger partial charge in [0.05, 0.1) is 21.9 Å². The van der Waals surface area contributed by atoms with Crippen LogP contribution in [-0.2, 0) is 0 Å². The number of para-hydroxylation sites is 2. The van der Waals surface area contributed by atoms with Crippen molar-refractivity contribution in [2.75, 3.05) is 5.32 Å². The van der Waals surface area contributed by atoms with E-state index in [2.05, 4.69) is 10.3 Å². The molecule has 4 heteroatoms. The number of fused-ring (bicyclic) bond motifs is 1. The molecular formula is C17H14ClFN2. The summed E-state index contributed by atoms with van der Waals surface area (Å²) in [6.45, 7) is 3.86. The van der Waals surface area contributed by atoms with Gasteiger partial charge in [0.25, 0.3) is 0 Å². The molecule has 0 aliphatic rings. The minimum absolute atomic E-state index is 0.301. The molecule has 0 fully saturated rings. The summed E-state index contributed by atoms with van der Waals surface area (Å²) in [5.74, 6) is -0.301. The maximum Gasteiger partial charge on any atom is 0.146 e. The normalized spacial score (nSPS) is 10.9. The van der Waals surface area contributed by atoms with Crippen molar-refractivity contribution in [3.8, 4) is 0 Å². The summed E-state index contributed by atoms with van der Waals surface area (Å²) < 4.78 is 13.8. The third-order valence-corrected chi connectivity index (χ3v) is 4.05. The van der Waals surface area contributed by atoms with Crippen molar-refractivity contribution in [3.63, 3.8) is 0 Å². The van der Waals surface area contributed by atoms with Gasteiger partial charge in [-0.05, 0) is 37.6 Å². The van der Waals surface area contributed by atoms with Gasteiger partial charge in [-0.3, -0.25) is 4.98 Å². The highest BCUT2D eigenvalue weighted by Gasteiger charge is 2.11. The maximum absolute atomic E-state index is 13.8. The topological polar surface area (TPSA) is 24.9 Å². The highest BCUT2D eigenvalue weighted by Crippen LogP contribution is 2.33. The monoisotopic (exact) mass is 300 g/mol. The summed E-state index contributed by atoms with van der Waals surface area (Å²) in [5.41, 5.74) is 3.74. The average Bonchev–Trinajstić information content (AvgIpc) is 2.48. The molecule has 1 heterocycles. The Morgan fingerprint density at radius 1 is 1.00 bits per heavy atom. The van der Waals surface area contributed by atoms with E-state index in [-0.39, 0.29) is 5.82 Å². The summed E-state index contributed by atoms with van der Waals surface area (Å²) in [7, 11) is 0. The van der Waals surface area contributed by atoms with Gasteiger partial charge >= 0.3 is 0 Å². The van der Waals surface area contributed by atoms with Crippen molar-refractivity contribution in [1.82, 2.24) is 4.98 Å². The third-order valence-electron chi connectivity index (χ3n) is 3.57. The predicted molar refractivity (Wildman–Crippen MR) is 85.9 cm³/mol. The Kier molecular flexibility index (Phi) is 3.52. The summed E-state index contributed by atoms with van der Waals surface area (Å²) in [6, 6.07) is 12.2. The molecule has 0 saturated heterocycles. The van der Waals surface area contributed by atoms with Gasteiger partial charge in [0.2, 0.25) is 0 Å². The van der Waals surface area contributed by atoms with Crippen LogP contribution < -0.4 is 5.32 Å². The molecule has 21 heavy (non-hydrogen) atoms. The molecule has 0 unspecified atom stereocenters. The van der Waals surface area contributed by atoms with Gasteiger partial charge in [0.15, 0.2) is 0 Å². The first-order valence-corrected chi connectivity index (χ1v) is 7.02. The van der Waals surface area contributed by atoms with Crippen LogP contribution in [0.2, 0.25) is 5.02 Å². The minimum Gasteiger partial charge on any atom is -0.351 e. The molecule has 0 saturated carbocycles. The van der Waals surface area contributed by atoms with E-state index in [1.54, 1.807) is 18.2 Å². The number of anilines is 2. The van der Waals surface area contributed by atoms with Crippen LogP contribution in [0.4, 0.5) is 15.8 Å². The second-order valence-electron chi connectivity index (χ2n) is 4.94. The van der Waals surface area contributed by atoms with Crippen LogP contribution in [0.5, 0.6) is 0 Å². The number of halogens is 2. The average molecular weight is 301 g/mol. The molecule has 1 aromatic heterocycles. The fourth-order valence-corrected chi connectivity index (χ4v) is 2.55. The molecule has 0 spiro atoms. The Bertz CT molecular complexity index is 830. The van der Waals surface area contributed by atoms with E-state index in [0.717, 1.165) is 27.8 Å². The van der Waals surface area contributed by atoms with Crippen LogP contribution in [0.15, 0.2) is 42.5 Å². The van der Waals surface area contributed by atoms with E-state index in [0.29, 0.717) is 10.7 Å². The van der Waals surface area contributed by atoms with Gasteiger partial charge < -0.3 is 5.32 Å². The molecule has 0 bridgehead atoms. The van der Waals surface area contributed by atoms with Crippen LogP contribution in [0.1, 0.15) is 11.3 Å². The number of benzene rings is 2. The van der Waals surface area contributed by atoms with E-state index in [1.807, 2.05) is 32.0 Å². The predicted octanol–water partition coefficient (Wildman–Crippen LogP) is 5.39. The Morgan fingerprint density at radius 2 is 1.71 bits per heavy atom. The molecule has 3 rings (SSSR count). The number of hydrogen-bond acceptors (Lipinski definition) is 2. The number of rotatable bonds is 2. The Balaban J connectivity index is 2.18. The number of aryl methyl sites for hydroxylation is 1. The molecule has 0 amide bonds. The molecule has 1 N–H and O–H groups in total. The van der Waals surface area contributed by atoms with Crippen LogP contribution in [0.3, 0.4) is 0 Å². The lowest BCUT2D eigenvalue weighted by molar-refractivity contribution is 0.632. The fraction of sp³-hybridized carbons (Fsp3) is 0.118. The van der Waals surface area contributed by atoms with Crippen LogP contribution in [0, 0.1) is 19.7 Å². The summed E-state index contributed by atoms with van der Waals surface area (Å²) in [4.78, 5) is 4.59. The molecule has 106 valence electrons. The van der Waals surface area contributed by atoms with Crippen molar-refractivity contribution >= 4 is 33.9 Å². The lowest BCUT2D eigenvalue weighted by atomic mass is 10.1. The Hall–Kier alpha value is -2.13. The summed E-state index contributed by atoms with van der Waals surface area (Å²) in [6.07, 6.45) is 0. The van der Waals surface area contributed by atoms with Gasteiger partial charge in [-0.25, -0.2) is 4.39 Å². The summed E-state index contributed by atoms with van der Waals surface area (Å²) in [5, 5.41) is 4.64. The first-order chi connectivity index (χ1) is 10.1. The number of pyridine rings is 1. The zero-order valence-electron chi connectivity index (χ0n) is 11.7. The number of nitrogens with one attached hydrogen (secondary N) is 1. The van der Waals surface area contributed by atoms with Crippen molar-refractivity contribution in [1.29, 1.82) is 0 Å². The second kappa shape index (κ2) is 5.34. The Labute approximate surface area is 127 Å². The van der Waals surface area contributed by atoms with Crippen LogP contribution in [0.25, 0.3) is 10.9 Å². The molecule has 0 aliphatic carbocycles. The SMILES string of the molecule is Cc1nc2c(Nc3ccccc3F)cccc2c(Cl)c1C. The van der Waals surface area contributed by atoms with E-state index in [4.69, 9.17) is 11.6 Å². The smallest absolute Gasteiger partial charge is 0.146 e. The molecule has 3 aromatic rings. The zero-order chi connectivity index (χ0) is 15.0. The molecule has 0 atom stereocenters. The van der Waals surface area contributed by atoms with Crippen molar-refractivity contribution in [2.45, 2.75) is 13.8 Å². The molecule has 0 radical (unpaired) electrons. The highest BCUT2D eigenvalue weighted by molar-refractivity contribution is 6.36. The van der Waals surface area contributed by atoms with Crippen molar-refractivity contribution in [2.24, 2.45) is 0 Å². The standard InChI is InChI=1S/C17H14ClFN2/c1-10-11(2)20-17-12(16(10)18)6-5-9-15(17)21-14-8-4-3-7-13(14)19/h3-9,21H,1-2H3. The molecule has 2 aromatic carbocycles. The van der Waals surface area contributed by atoms with Gasteiger partial charge in [0, 0.05) is 11.1 Å². The number of hydrogen-bond donors (Lipinski definition) is 1. The largest absolute Gasteiger partial charge is 0.351 e. The lowest BCUT2D eigenvalue weighted by Crippen LogP contribution is -1.98. The van der Waals surface area contributed by atoms with Gasteiger partial charge in [-0.2, -0.15) is 0 Å². The zero-order valence-corrected chi connectivity index (χ0v) is 12.5. The minimum atomic E-state index is -0.301. The Morgan fingerprint density at radius 3 is 2.48 bits per heavy atom. The van der Waals surface area contributed by atoms with E-state index >= 15 is 0 Å². The number of nitrogens with zero attached hydrogens (tertiary/aromatic N) is 1. The maximum atomic E-state index is 13.8. The van der Waals surface area contributed by atoms with E-state index < -0.39 is 0 Å². The quantitative estimate of drug-likeness (QED) is 0.686. The molecular weight excluding hydrogens is 287 g/mol. The first kappa shape index (κ1) is 13.8. The van der Waals surface area contributed by atoms with Gasteiger partial charge in [-0.15, -0.1) is 0 Å². The summed E-state index contributed by atoms with van der Waals surface area (Å²) >= 11 is 6.40. The lowest BCUT2D eigenvalue weighted by Gasteiger charge is -2.13. The van der Waals surface area contributed by atoms with Crippen LogP contribution in [-0.4, -0.2) is 4.98 Å². The van der Waals surface area contributed by atoms with Crippen molar-refractivity contribution < 1.29 is 4.39 Å². The molecule has 0 aliphatic heterocycles. The second-order valence-corrected chi connectivity index (χ2v) is 5.32. The fourth-order valence-electron chi connectivity index (χ4n) is 2.26. The van der Waals surface area contributed by atoms with Gasteiger partial charge in [-0.1, -0.05) is 35.9 Å². The van der Waals surface area contributed by atoms with E-state index in [9.17, 15) is 4.39 Å². The van der Waals surface area contributed by atoms with E-state index in [1.165, 1.54) is 6.07 Å². The number of aromatic nitrogens is 1. The van der Waals surface area contributed by atoms with Crippen LogP contribution >= 0.6 is 11.6 Å². The first-order valence-electron chi connectivity index (χ1n) is 6.65. The van der Waals surface area contributed by atoms with Gasteiger partial charge in [0.1, 0.15) is 5.82 Å².